The summed E-state index contributed by atoms with van der Waals surface area (Å²) in [6.07, 6.45) is 5.81. The van der Waals surface area contributed by atoms with E-state index in [0.717, 1.165) is 6.04 Å². The van der Waals surface area contributed by atoms with Crippen molar-refractivity contribution in [3.05, 3.63) is 23.5 Å². The molecule has 1 aromatic rings. The fourth-order valence-corrected chi connectivity index (χ4v) is 3.22. The van der Waals surface area contributed by atoms with Gasteiger partial charge in [-0.15, -0.1) is 0 Å². The highest BCUT2D eigenvalue weighted by atomic mass is 15.2. The molecule has 0 saturated carbocycles. The zero-order chi connectivity index (χ0) is 11.7. The molecule has 0 radical (unpaired) electrons. The van der Waals surface area contributed by atoms with Crippen molar-refractivity contribution in [2.24, 2.45) is 0 Å². The molecular weight excluding hydrogens is 196 g/mol. The fraction of sp³-hybridized carbons (Fsp3) is 0.714. The molecule has 2 rings (SSSR count). The Kier molecular flexibility index (Phi) is 3.38. The Hall–Kier alpha value is -0.760. The van der Waals surface area contributed by atoms with Gasteiger partial charge in [0, 0.05) is 30.0 Å². The largest absolute Gasteiger partial charge is 0.365 e. The Morgan fingerprint density at radius 3 is 2.56 bits per heavy atom. The first-order valence-electron chi connectivity index (χ1n) is 6.52. The smallest absolute Gasteiger partial charge is 0.0180 e. The monoisotopic (exact) mass is 220 g/mol. The molecule has 1 aliphatic carbocycles. The van der Waals surface area contributed by atoms with Crippen LogP contribution >= 0.6 is 0 Å². The molecule has 0 amide bonds. The van der Waals surface area contributed by atoms with E-state index < -0.39 is 0 Å². The van der Waals surface area contributed by atoms with E-state index in [9.17, 15) is 0 Å². The minimum absolute atomic E-state index is 0.644. The van der Waals surface area contributed by atoms with Crippen LogP contribution in [0.15, 0.2) is 12.3 Å². The van der Waals surface area contributed by atoms with Crippen LogP contribution < -0.4 is 0 Å². The van der Waals surface area contributed by atoms with Gasteiger partial charge in [0.1, 0.15) is 0 Å². The van der Waals surface area contributed by atoms with Gasteiger partial charge in [0.2, 0.25) is 0 Å². The summed E-state index contributed by atoms with van der Waals surface area (Å²) < 4.78 is 0. The van der Waals surface area contributed by atoms with Crippen LogP contribution in [0.1, 0.15) is 45.4 Å². The number of hydrogen-bond donors (Lipinski definition) is 1. The van der Waals surface area contributed by atoms with Crippen molar-refractivity contribution >= 4 is 0 Å². The van der Waals surface area contributed by atoms with Crippen molar-refractivity contribution in [3.8, 4) is 0 Å². The molecule has 90 valence electrons. The molecule has 0 bridgehead atoms. The Morgan fingerprint density at radius 2 is 1.94 bits per heavy atom. The average Bonchev–Trinajstić information content (AvgIpc) is 2.63. The summed E-state index contributed by atoms with van der Waals surface area (Å²) in [6, 6.07) is 4.26. The molecule has 0 saturated heterocycles. The first-order valence-corrected chi connectivity index (χ1v) is 6.52. The zero-order valence-electron chi connectivity index (χ0n) is 11.0. The lowest BCUT2D eigenvalue weighted by molar-refractivity contribution is 0.102. The molecule has 2 heteroatoms. The first kappa shape index (κ1) is 11.7. The molecule has 1 aromatic heterocycles. The molecule has 1 aliphatic rings. The number of rotatable bonds is 3. The lowest BCUT2D eigenvalue weighted by atomic mass is 9.91. The number of H-pyrrole nitrogens is 1. The zero-order valence-corrected chi connectivity index (χ0v) is 11.0. The highest BCUT2D eigenvalue weighted by molar-refractivity contribution is 5.24. The predicted molar refractivity (Wildman–Crippen MR) is 68.7 cm³/mol. The number of aryl methyl sites for hydroxylation is 1. The molecule has 1 heterocycles. The van der Waals surface area contributed by atoms with Gasteiger partial charge in [0.15, 0.2) is 0 Å². The van der Waals surface area contributed by atoms with Crippen LogP contribution in [0, 0.1) is 0 Å². The van der Waals surface area contributed by atoms with Crippen molar-refractivity contribution in [2.45, 2.75) is 65.1 Å². The molecule has 1 atom stereocenters. The van der Waals surface area contributed by atoms with Gasteiger partial charge in [-0.2, -0.15) is 0 Å². The van der Waals surface area contributed by atoms with Crippen molar-refractivity contribution < 1.29 is 0 Å². The average molecular weight is 220 g/mol. The van der Waals surface area contributed by atoms with Crippen LogP contribution in [0.25, 0.3) is 0 Å². The third kappa shape index (κ3) is 2.17. The summed E-state index contributed by atoms with van der Waals surface area (Å²) in [5.74, 6) is 0. The highest BCUT2D eigenvalue weighted by Crippen LogP contribution is 2.26. The number of aromatic nitrogens is 1. The third-order valence-corrected chi connectivity index (χ3v) is 3.73. The summed E-state index contributed by atoms with van der Waals surface area (Å²) in [6.45, 7) is 9.25. The topological polar surface area (TPSA) is 19.0 Å². The second kappa shape index (κ2) is 4.62. The Morgan fingerprint density at radius 1 is 1.25 bits per heavy atom. The number of fused-ring (bicyclic) bond motifs is 1. The molecule has 1 N–H and O–H groups in total. The summed E-state index contributed by atoms with van der Waals surface area (Å²) in [7, 11) is 0. The maximum atomic E-state index is 3.36. The second-order valence-electron chi connectivity index (χ2n) is 5.51. The van der Waals surface area contributed by atoms with Crippen LogP contribution in [-0.2, 0) is 12.8 Å². The maximum absolute atomic E-state index is 3.36. The van der Waals surface area contributed by atoms with E-state index in [1.54, 1.807) is 0 Å². The fourth-order valence-electron chi connectivity index (χ4n) is 3.22. The van der Waals surface area contributed by atoms with Crippen LogP contribution in [0.2, 0.25) is 0 Å². The number of aromatic amines is 1. The quantitative estimate of drug-likeness (QED) is 0.829. The van der Waals surface area contributed by atoms with Gasteiger partial charge in [0.05, 0.1) is 0 Å². The minimum Gasteiger partial charge on any atom is -0.365 e. The summed E-state index contributed by atoms with van der Waals surface area (Å²) in [4.78, 5) is 6.02. The normalized spacial score (nSPS) is 20.8. The standard InChI is InChI=1S/C14H24N2/c1-10(2)16(11(3)4)13-5-6-14-12(9-13)7-8-15-14/h7-8,10-11,13,15H,5-6,9H2,1-4H3/t13-/m1/s1. The summed E-state index contributed by atoms with van der Waals surface area (Å²) >= 11 is 0. The van der Waals surface area contributed by atoms with Gasteiger partial charge in [-0.1, -0.05) is 0 Å². The summed E-state index contributed by atoms with van der Waals surface area (Å²) in [5.41, 5.74) is 2.99. The van der Waals surface area contributed by atoms with Crippen LogP contribution in [0.3, 0.4) is 0 Å². The van der Waals surface area contributed by atoms with Gasteiger partial charge >= 0.3 is 0 Å². The molecular formula is C14H24N2. The molecule has 0 aromatic carbocycles. The van der Waals surface area contributed by atoms with Gasteiger partial charge in [-0.3, -0.25) is 4.90 Å². The van der Waals surface area contributed by atoms with E-state index in [-0.39, 0.29) is 0 Å². The Bertz CT molecular complexity index is 330. The molecule has 2 nitrogen and oxygen atoms in total. The molecule has 16 heavy (non-hydrogen) atoms. The van der Waals surface area contributed by atoms with Gasteiger partial charge in [-0.25, -0.2) is 0 Å². The van der Waals surface area contributed by atoms with Crippen molar-refractivity contribution in [1.82, 2.24) is 9.88 Å². The molecule has 0 unspecified atom stereocenters. The Balaban J connectivity index is 2.12. The van der Waals surface area contributed by atoms with E-state index in [0.29, 0.717) is 12.1 Å². The first-order chi connectivity index (χ1) is 7.59. The van der Waals surface area contributed by atoms with E-state index in [2.05, 4.69) is 49.8 Å². The maximum Gasteiger partial charge on any atom is 0.0180 e. The van der Waals surface area contributed by atoms with Crippen LogP contribution in [0.4, 0.5) is 0 Å². The van der Waals surface area contributed by atoms with Crippen LogP contribution in [-0.4, -0.2) is 28.0 Å². The van der Waals surface area contributed by atoms with Crippen molar-refractivity contribution in [1.29, 1.82) is 0 Å². The van der Waals surface area contributed by atoms with E-state index in [1.165, 1.54) is 30.5 Å². The lowest BCUT2D eigenvalue weighted by Gasteiger charge is -2.40. The minimum atomic E-state index is 0.644. The second-order valence-corrected chi connectivity index (χ2v) is 5.51. The molecule has 0 aliphatic heterocycles. The predicted octanol–water partition coefficient (Wildman–Crippen LogP) is 2.99. The summed E-state index contributed by atoms with van der Waals surface area (Å²) in [5, 5.41) is 0. The van der Waals surface area contributed by atoms with Gasteiger partial charge < -0.3 is 4.98 Å². The third-order valence-electron chi connectivity index (χ3n) is 3.73. The van der Waals surface area contributed by atoms with Crippen molar-refractivity contribution in [2.75, 3.05) is 0 Å². The highest BCUT2D eigenvalue weighted by Gasteiger charge is 2.27. The Labute approximate surface area is 99.0 Å². The SMILES string of the molecule is CC(C)N(C(C)C)[C@@H]1CCc2[nH]ccc2C1. The lowest BCUT2D eigenvalue weighted by Crippen LogP contribution is -2.47. The molecule has 0 spiro atoms. The van der Waals surface area contributed by atoms with E-state index in [4.69, 9.17) is 0 Å². The van der Waals surface area contributed by atoms with Crippen molar-refractivity contribution in [3.63, 3.8) is 0 Å². The molecule has 0 fully saturated rings. The number of hydrogen-bond acceptors (Lipinski definition) is 1. The van der Waals surface area contributed by atoms with Gasteiger partial charge in [-0.05, 0) is 58.6 Å². The number of nitrogens with zero attached hydrogens (tertiary/aromatic N) is 1. The van der Waals surface area contributed by atoms with Gasteiger partial charge in [0.25, 0.3) is 0 Å². The van der Waals surface area contributed by atoms with Crippen LogP contribution in [0.5, 0.6) is 0 Å². The van der Waals surface area contributed by atoms with E-state index >= 15 is 0 Å². The number of nitrogens with one attached hydrogen (secondary N) is 1. The van der Waals surface area contributed by atoms with E-state index in [1.807, 2.05) is 0 Å².